The van der Waals surface area contributed by atoms with Gasteiger partial charge >= 0.3 is 17.9 Å². The highest BCUT2D eigenvalue weighted by molar-refractivity contribution is 5.90. The number of carbonyl (C=O) groups excluding carboxylic acids is 3. The Morgan fingerprint density at radius 2 is 1.74 bits per heavy atom. The first-order valence-corrected chi connectivity index (χ1v) is 18.7. The molecule has 53 heavy (non-hydrogen) atoms. The molecule has 2 saturated carbocycles. The molecule has 0 N–H and O–H groups in total. The van der Waals surface area contributed by atoms with Gasteiger partial charge in [-0.05, 0) is 94.3 Å². The largest absolute Gasteiger partial charge is 0.497 e. The third kappa shape index (κ3) is 8.83. The summed E-state index contributed by atoms with van der Waals surface area (Å²) in [4.78, 5) is 52.4. The van der Waals surface area contributed by atoms with E-state index in [-0.39, 0.29) is 36.0 Å². The van der Waals surface area contributed by atoms with Gasteiger partial charge in [-0.25, -0.2) is 14.8 Å². The van der Waals surface area contributed by atoms with Gasteiger partial charge in [-0.3, -0.25) is 9.59 Å². The number of allylic oxidation sites excluding steroid dienone is 2. The van der Waals surface area contributed by atoms with E-state index in [0.717, 1.165) is 25.7 Å². The minimum atomic E-state index is -3.61. The Hall–Kier alpha value is -4.09. The number of hydrogen-bond acceptors (Lipinski definition) is 9. The van der Waals surface area contributed by atoms with Crippen LogP contribution in [-0.4, -0.2) is 70.2 Å². The lowest BCUT2D eigenvalue weighted by Crippen LogP contribution is -2.50. The first-order chi connectivity index (χ1) is 24.8. The van der Waals surface area contributed by atoms with Gasteiger partial charge in [0.25, 0.3) is 0 Å². The van der Waals surface area contributed by atoms with Crippen molar-refractivity contribution in [3.8, 4) is 11.6 Å². The number of likely N-dealkylation sites (tertiary alicyclic amines) is 1. The molecular weight excluding hydrogens is 684 g/mol. The van der Waals surface area contributed by atoms with Crippen LogP contribution in [0.4, 0.5) is 8.78 Å². The SMILES string of the molecule is C=CCC[C@@H]1[C@H]2C[C@H]2C[C@H]1OC(=O)C[C@H](C(=O)N1C[C@H](Oc2nc3cc(OC)ccc3nc2C(F)(F)C=C)[C@@H](CC)[C@H]1C(=O)OC(C)(C)C)C(C)(C)C. The molecule has 1 aromatic heterocycles. The summed E-state index contributed by atoms with van der Waals surface area (Å²) in [6, 6.07) is 3.54. The third-order valence-electron chi connectivity index (χ3n) is 10.9. The Morgan fingerprint density at radius 3 is 2.34 bits per heavy atom. The number of esters is 2. The Kier molecular flexibility index (Phi) is 11.6. The number of benzene rings is 1. The fourth-order valence-corrected chi connectivity index (χ4v) is 8.07. The minimum absolute atomic E-state index is 0.143. The van der Waals surface area contributed by atoms with E-state index in [4.69, 9.17) is 18.9 Å². The van der Waals surface area contributed by atoms with E-state index in [0.29, 0.717) is 30.1 Å². The second-order valence-corrected chi connectivity index (χ2v) is 16.8. The predicted molar refractivity (Wildman–Crippen MR) is 196 cm³/mol. The zero-order valence-corrected chi connectivity index (χ0v) is 32.3. The van der Waals surface area contributed by atoms with Crippen LogP contribution in [0.3, 0.4) is 0 Å². The monoisotopic (exact) mass is 739 g/mol. The first kappa shape index (κ1) is 40.1. The average molecular weight is 740 g/mol. The summed E-state index contributed by atoms with van der Waals surface area (Å²) in [7, 11) is 1.47. The highest BCUT2D eigenvalue weighted by Crippen LogP contribution is 2.57. The van der Waals surface area contributed by atoms with Gasteiger partial charge in [-0.2, -0.15) is 8.78 Å². The predicted octanol–water partition coefficient (Wildman–Crippen LogP) is 7.83. The Morgan fingerprint density at radius 1 is 1.02 bits per heavy atom. The van der Waals surface area contributed by atoms with Gasteiger partial charge in [0.2, 0.25) is 11.8 Å². The molecule has 3 aliphatic rings. The van der Waals surface area contributed by atoms with Crippen molar-refractivity contribution >= 4 is 28.9 Å². The third-order valence-corrected chi connectivity index (χ3v) is 10.9. The molecule has 10 nitrogen and oxygen atoms in total. The van der Waals surface area contributed by atoms with Gasteiger partial charge in [0.15, 0.2) is 5.69 Å². The molecule has 290 valence electrons. The molecule has 0 bridgehead atoms. The fraction of sp³-hybridized carbons (Fsp3) is 0.634. The van der Waals surface area contributed by atoms with Gasteiger partial charge in [0, 0.05) is 12.0 Å². The number of ether oxygens (including phenoxy) is 4. The van der Waals surface area contributed by atoms with Gasteiger partial charge in [-0.1, -0.05) is 40.3 Å². The number of rotatable bonds is 14. The van der Waals surface area contributed by atoms with Crippen molar-refractivity contribution in [1.29, 1.82) is 0 Å². The second kappa shape index (κ2) is 15.3. The Balaban J connectivity index is 1.47. The van der Waals surface area contributed by atoms with E-state index >= 15 is 8.78 Å². The second-order valence-electron chi connectivity index (χ2n) is 16.8. The molecule has 3 fully saturated rings. The van der Waals surface area contributed by atoms with Gasteiger partial charge in [-0.15, -0.1) is 6.58 Å². The van der Waals surface area contributed by atoms with Crippen molar-refractivity contribution in [2.75, 3.05) is 13.7 Å². The molecule has 5 rings (SSSR count). The zero-order chi connectivity index (χ0) is 39.0. The Bertz CT molecular complexity index is 1720. The number of fused-ring (bicyclic) bond motifs is 2. The summed E-state index contributed by atoms with van der Waals surface area (Å²) in [5.74, 6) is -5.30. The molecule has 0 unspecified atom stereocenters. The molecular formula is C41H55F2N3O7. The molecule has 2 aliphatic carbocycles. The highest BCUT2D eigenvalue weighted by atomic mass is 19.3. The number of carbonyl (C=O) groups is 3. The number of hydrogen-bond donors (Lipinski definition) is 0. The van der Waals surface area contributed by atoms with Crippen molar-refractivity contribution in [2.24, 2.45) is 35.0 Å². The van der Waals surface area contributed by atoms with Crippen LogP contribution in [0.15, 0.2) is 43.5 Å². The maximum Gasteiger partial charge on any atom is 0.329 e. The number of amides is 1. The standard InChI is InChI=1S/C41H55F2N3O7/c1-11-14-15-26-27-18-23(27)19-31(26)51-33(47)21-28(39(4,5)6)37(48)46-22-32(25(12-2)34(46)38(49)53-40(7,8)9)52-36-35(41(42,43)13-3)44-29-17-16-24(50-10)20-30(29)45-36/h11,13,16-17,20,23,25-28,31-32,34H,1,3,12,14-15,18-19,21-22H2,2,4-10H3/t23-,25+,26+,27-,28+,31+,32-,34-/m0/s1. The summed E-state index contributed by atoms with van der Waals surface area (Å²) in [6.07, 6.45) is 5.09. The van der Waals surface area contributed by atoms with E-state index in [1.165, 1.54) is 18.1 Å². The molecule has 12 heteroatoms. The fourth-order valence-electron chi connectivity index (χ4n) is 8.07. The van der Waals surface area contributed by atoms with E-state index in [9.17, 15) is 14.4 Å². The van der Waals surface area contributed by atoms with Crippen LogP contribution in [-0.2, 0) is 29.8 Å². The summed E-state index contributed by atoms with van der Waals surface area (Å²) in [5, 5.41) is 0. The van der Waals surface area contributed by atoms with Crippen LogP contribution >= 0.6 is 0 Å². The molecule has 1 aliphatic heterocycles. The van der Waals surface area contributed by atoms with Crippen molar-refractivity contribution in [1.82, 2.24) is 14.9 Å². The lowest BCUT2D eigenvalue weighted by atomic mass is 9.77. The van der Waals surface area contributed by atoms with Gasteiger partial charge in [0.05, 0.1) is 37.0 Å². The quantitative estimate of drug-likeness (QED) is 0.141. The molecule has 2 heterocycles. The molecule has 1 saturated heterocycles. The van der Waals surface area contributed by atoms with E-state index in [2.05, 4.69) is 23.1 Å². The average Bonchev–Trinajstić information content (AvgIpc) is 3.61. The molecule has 2 aromatic rings. The summed E-state index contributed by atoms with van der Waals surface area (Å²) in [6.45, 7) is 19.6. The maximum absolute atomic E-state index is 15.4. The van der Waals surface area contributed by atoms with E-state index < -0.39 is 70.3 Å². The number of halogens is 2. The number of methoxy groups -OCH3 is 1. The van der Waals surface area contributed by atoms with Gasteiger partial charge < -0.3 is 23.8 Å². The zero-order valence-electron chi connectivity index (χ0n) is 32.3. The molecule has 0 spiro atoms. The number of alkyl halides is 2. The summed E-state index contributed by atoms with van der Waals surface area (Å²) < 4.78 is 54.3. The van der Waals surface area contributed by atoms with Crippen molar-refractivity contribution < 1.29 is 42.1 Å². The van der Waals surface area contributed by atoms with Crippen molar-refractivity contribution in [3.05, 3.63) is 49.2 Å². The van der Waals surface area contributed by atoms with Crippen LogP contribution in [0.1, 0.15) is 92.7 Å². The van der Waals surface area contributed by atoms with Crippen LogP contribution in [0.25, 0.3) is 11.0 Å². The van der Waals surface area contributed by atoms with Gasteiger partial charge in [0.1, 0.15) is 29.6 Å². The topological polar surface area (TPSA) is 117 Å². The molecule has 8 atom stereocenters. The van der Waals surface area contributed by atoms with Crippen LogP contribution in [0, 0.1) is 35.0 Å². The van der Waals surface area contributed by atoms with Crippen molar-refractivity contribution in [3.63, 3.8) is 0 Å². The Labute approximate surface area is 311 Å². The molecule has 1 amide bonds. The molecule has 1 aromatic carbocycles. The van der Waals surface area contributed by atoms with Crippen LogP contribution < -0.4 is 9.47 Å². The minimum Gasteiger partial charge on any atom is -0.497 e. The summed E-state index contributed by atoms with van der Waals surface area (Å²) >= 11 is 0. The smallest absolute Gasteiger partial charge is 0.329 e. The van der Waals surface area contributed by atoms with E-state index in [1.807, 2.05) is 33.8 Å². The molecule has 0 radical (unpaired) electrons. The number of nitrogens with zero attached hydrogens (tertiary/aromatic N) is 3. The highest BCUT2D eigenvalue weighted by Gasteiger charge is 2.55. The van der Waals surface area contributed by atoms with Crippen LogP contribution in [0.2, 0.25) is 0 Å². The first-order valence-electron chi connectivity index (χ1n) is 18.7. The van der Waals surface area contributed by atoms with Crippen molar-refractivity contribution in [2.45, 2.75) is 117 Å². The lowest BCUT2D eigenvalue weighted by molar-refractivity contribution is -0.167. The number of aromatic nitrogens is 2. The normalized spacial score (nSPS) is 26.1. The van der Waals surface area contributed by atoms with E-state index in [1.54, 1.807) is 32.9 Å². The lowest BCUT2D eigenvalue weighted by Gasteiger charge is -2.36. The van der Waals surface area contributed by atoms with Crippen LogP contribution in [0.5, 0.6) is 11.6 Å². The summed E-state index contributed by atoms with van der Waals surface area (Å²) in [5.41, 5.74) is -1.90. The maximum atomic E-state index is 15.4.